The van der Waals surface area contributed by atoms with E-state index in [0.717, 1.165) is 30.8 Å². The molecule has 1 aromatic rings. The second kappa shape index (κ2) is 7.52. The van der Waals surface area contributed by atoms with Gasteiger partial charge in [0.15, 0.2) is 11.5 Å². The SMILES string of the molecule is CCC(CC)C(Cl)Cc1ccc(OC)c(OC)c1. The lowest BCUT2D eigenvalue weighted by molar-refractivity contribution is 0.354. The van der Waals surface area contributed by atoms with Gasteiger partial charge in [0, 0.05) is 5.38 Å². The van der Waals surface area contributed by atoms with Crippen LogP contribution < -0.4 is 9.47 Å². The summed E-state index contributed by atoms with van der Waals surface area (Å²) in [5, 5.41) is 0.179. The third-order valence-corrected chi connectivity index (χ3v) is 3.95. The normalized spacial score (nSPS) is 12.6. The van der Waals surface area contributed by atoms with Crippen LogP contribution in [0.15, 0.2) is 18.2 Å². The molecule has 0 saturated carbocycles. The van der Waals surface area contributed by atoms with Crippen LogP contribution >= 0.6 is 11.6 Å². The van der Waals surface area contributed by atoms with Crippen LogP contribution in [0, 0.1) is 5.92 Å². The lowest BCUT2D eigenvalue weighted by atomic mass is 9.94. The number of rotatable bonds is 7. The van der Waals surface area contributed by atoms with E-state index < -0.39 is 0 Å². The minimum atomic E-state index is 0.179. The quantitative estimate of drug-likeness (QED) is 0.688. The molecule has 0 aliphatic heterocycles. The maximum atomic E-state index is 6.48. The van der Waals surface area contributed by atoms with E-state index in [2.05, 4.69) is 19.9 Å². The average molecular weight is 271 g/mol. The first-order valence-electron chi connectivity index (χ1n) is 6.51. The van der Waals surface area contributed by atoms with Crippen LogP contribution in [0.2, 0.25) is 0 Å². The minimum absolute atomic E-state index is 0.179. The van der Waals surface area contributed by atoms with Gasteiger partial charge < -0.3 is 9.47 Å². The highest BCUT2D eigenvalue weighted by Gasteiger charge is 2.17. The summed E-state index contributed by atoms with van der Waals surface area (Å²) < 4.78 is 10.5. The van der Waals surface area contributed by atoms with Crippen molar-refractivity contribution in [1.29, 1.82) is 0 Å². The van der Waals surface area contributed by atoms with Gasteiger partial charge in [-0.25, -0.2) is 0 Å². The van der Waals surface area contributed by atoms with E-state index in [1.54, 1.807) is 14.2 Å². The zero-order chi connectivity index (χ0) is 13.5. The Labute approximate surface area is 115 Å². The second-order valence-corrected chi connectivity index (χ2v) is 5.05. The fourth-order valence-corrected chi connectivity index (χ4v) is 2.73. The van der Waals surface area contributed by atoms with E-state index in [-0.39, 0.29) is 5.38 Å². The van der Waals surface area contributed by atoms with Crippen molar-refractivity contribution in [2.24, 2.45) is 5.92 Å². The largest absolute Gasteiger partial charge is 0.493 e. The van der Waals surface area contributed by atoms with Crippen molar-refractivity contribution in [3.63, 3.8) is 0 Å². The summed E-state index contributed by atoms with van der Waals surface area (Å²) in [5.41, 5.74) is 1.19. The third kappa shape index (κ3) is 3.81. The molecule has 0 bridgehead atoms. The van der Waals surface area contributed by atoms with Crippen LogP contribution in [0.1, 0.15) is 32.3 Å². The molecule has 3 heteroatoms. The van der Waals surface area contributed by atoms with Crippen LogP contribution in [0.3, 0.4) is 0 Å². The Morgan fingerprint density at radius 2 is 1.67 bits per heavy atom. The summed E-state index contributed by atoms with van der Waals surface area (Å²) in [4.78, 5) is 0. The topological polar surface area (TPSA) is 18.5 Å². The molecule has 0 spiro atoms. The Balaban J connectivity index is 2.78. The Morgan fingerprint density at radius 3 is 2.17 bits per heavy atom. The molecule has 0 aliphatic rings. The van der Waals surface area contributed by atoms with Gasteiger partial charge >= 0.3 is 0 Å². The van der Waals surface area contributed by atoms with Gasteiger partial charge in [-0.05, 0) is 30.0 Å². The zero-order valence-electron chi connectivity index (χ0n) is 11.7. The van der Waals surface area contributed by atoms with E-state index in [4.69, 9.17) is 21.1 Å². The van der Waals surface area contributed by atoms with E-state index in [1.807, 2.05) is 12.1 Å². The summed E-state index contributed by atoms with van der Waals surface area (Å²) in [6.45, 7) is 4.39. The first-order chi connectivity index (χ1) is 8.65. The predicted octanol–water partition coefficient (Wildman–Crippen LogP) is 4.29. The molecule has 0 saturated heterocycles. The first-order valence-corrected chi connectivity index (χ1v) is 6.94. The molecule has 1 unspecified atom stereocenters. The fourth-order valence-electron chi connectivity index (χ4n) is 2.20. The summed E-state index contributed by atoms with van der Waals surface area (Å²) in [6.07, 6.45) is 3.12. The van der Waals surface area contributed by atoms with Crippen LogP contribution in [-0.4, -0.2) is 19.6 Å². The number of hydrogen-bond donors (Lipinski definition) is 0. The monoisotopic (exact) mass is 270 g/mol. The lowest BCUT2D eigenvalue weighted by Crippen LogP contribution is -2.16. The third-order valence-electron chi connectivity index (χ3n) is 3.44. The molecule has 0 fully saturated rings. The van der Waals surface area contributed by atoms with E-state index in [0.29, 0.717) is 5.92 Å². The molecule has 0 radical (unpaired) electrons. The van der Waals surface area contributed by atoms with Crippen molar-refractivity contribution in [3.8, 4) is 11.5 Å². The van der Waals surface area contributed by atoms with Gasteiger partial charge in [0.25, 0.3) is 0 Å². The first kappa shape index (κ1) is 15.2. The zero-order valence-corrected chi connectivity index (χ0v) is 12.5. The van der Waals surface area contributed by atoms with Crippen LogP contribution in [0.5, 0.6) is 11.5 Å². The standard InChI is InChI=1S/C15H23ClO2/c1-5-12(6-2)13(16)9-11-7-8-14(17-3)15(10-11)18-4/h7-8,10,12-13H,5-6,9H2,1-4H3. The molecule has 1 atom stereocenters. The summed E-state index contributed by atoms with van der Waals surface area (Å²) in [7, 11) is 3.30. The van der Waals surface area contributed by atoms with Gasteiger partial charge in [0.05, 0.1) is 14.2 Å². The molecule has 102 valence electrons. The number of methoxy groups -OCH3 is 2. The molecule has 1 aromatic carbocycles. The van der Waals surface area contributed by atoms with Gasteiger partial charge in [-0.1, -0.05) is 32.8 Å². The highest BCUT2D eigenvalue weighted by atomic mass is 35.5. The van der Waals surface area contributed by atoms with Gasteiger partial charge in [-0.3, -0.25) is 0 Å². The molecule has 18 heavy (non-hydrogen) atoms. The molecule has 0 N–H and O–H groups in total. The van der Waals surface area contributed by atoms with Crippen molar-refractivity contribution >= 4 is 11.6 Å². The molecular formula is C15H23ClO2. The number of ether oxygens (including phenoxy) is 2. The summed E-state index contributed by atoms with van der Waals surface area (Å²) >= 11 is 6.48. The Hall–Kier alpha value is -0.890. The number of halogens is 1. The highest BCUT2D eigenvalue weighted by Crippen LogP contribution is 2.30. The van der Waals surface area contributed by atoms with Crippen molar-refractivity contribution in [3.05, 3.63) is 23.8 Å². The molecule has 1 rings (SSSR count). The molecule has 2 nitrogen and oxygen atoms in total. The Bertz CT molecular complexity index is 362. The molecule has 0 heterocycles. The van der Waals surface area contributed by atoms with E-state index in [1.165, 1.54) is 5.56 Å². The van der Waals surface area contributed by atoms with Crippen LogP contribution in [0.25, 0.3) is 0 Å². The lowest BCUT2D eigenvalue weighted by Gasteiger charge is -2.19. The Kier molecular flexibility index (Phi) is 6.34. The molecule has 0 aromatic heterocycles. The Morgan fingerprint density at radius 1 is 1.06 bits per heavy atom. The number of benzene rings is 1. The second-order valence-electron chi connectivity index (χ2n) is 4.49. The number of hydrogen-bond acceptors (Lipinski definition) is 2. The van der Waals surface area contributed by atoms with Crippen molar-refractivity contribution in [1.82, 2.24) is 0 Å². The van der Waals surface area contributed by atoms with Gasteiger partial charge in [0.1, 0.15) is 0 Å². The van der Waals surface area contributed by atoms with Crippen LogP contribution in [-0.2, 0) is 6.42 Å². The fraction of sp³-hybridized carbons (Fsp3) is 0.600. The van der Waals surface area contributed by atoms with Gasteiger partial charge in [-0.15, -0.1) is 11.6 Å². The van der Waals surface area contributed by atoms with Gasteiger partial charge in [0.2, 0.25) is 0 Å². The maximum Gasteiger partial charge on any atom is 0.160 e. The number of alkyl halides is 1. The van der Waals surface area contributed by atoms with E-state index >= 15 is 0 Å². The van der Waals surface area contributed by atoms with Crippen LogP contribution in [0.4, 0.5) is 0 Å². The summed E-state index contributed by atoms with van der Waals surface area (Å²) in [5.74, 6) is 2.10. The highest BCUT2D eigenvalue weighted by molar-refractivity contribution is 6.20. The van der Waals surface area contributed by atoms with Gasteiger partial charge in [-0.2, -0.15) is 0 Å². The average Bonchev–Trinajstić information content (AvgIpc) is 2.40. The smallest absolute Gasteiger partial charge is 0.160 e. The summed E-state index contributed by atoms with van der Waals surface area (Å²) in [6, 6.07) is 6.00. The van der Waals surface area contributed by atoms with Crippen molar-refractivity contribution in [2.75, 3.05) is 14.2 Å². The van der Waals surface area contributed by atoms with Crippen molar-refractivity contribution in [2.45, 2.75) is 38.5 Å². The van der Waals surface area contributed by atoms with Crippen molar-refractivity contribution < 1.29 is 9.47 Å². The minimum Gasteiger partial charge on any atom is -0.493 e. The molecular weight excluding hydrogens is 248 g/mol. The molecule has 0 aliphatic carbocycles. The molecule has 0 amide bonds. The van der Waals surface area contributed by atoms with E-state index in [9.17, 15) is 0 Å². The maximum absolute atomic E-state index is 6.48. The predicted molar refractivity (Wildman–Crippen MR) is 77.0 cm³/mol.